The Kier molecular flexibility index (Phi) is 4.02. The smallest absolute Gasteiger partial charge is 0.205 e. The Morgan fingerprint density at radius 1 is 1.47 bits per heavy atom. The van der Waals surface area contributed by atoms with Gasteiger partial charge in [-0.05, 0) is 6.42 Å². The van der Waals surface area contributed by atoms with E-state index in [1.165, 1.54) is 11.4 Å². The standard InChI is InChI=1S/C12H22N4O/c1-15(2)12-14-10-9-13-6-5-11(10)16(12)7-4-8-17-3/h13H,4-9H2,1-3H3. The van der Waals surface area contributed by atoms with E-state index in [2.05, 4.69) is 14.8 Å². The van der Waals surface area contributed by atoms with Crippen LogP contribution >= 0.6 is 0 Å². The number of methoxy groups -OCH3 is 1. The zero-order chi connectivity index (χ0) is 12.3. The molecule has 2 heterocycles. The molecule has 0 aliphatic carbocycles. The van der Waals surface area contributed by atoms with E-state index < -0.39 is 0 Å². The summed E-state index contributed by atoms with van der Waals surface area (Å²) in [6.45, 7) is 3.74. The van der Waals surface area contributed by atoms with Gasteiger partial charge in [-0.1, -0.05) is 0 Å². The lowest BCUT2D eigenvalue weighted by molar-refractivity contribution is 0.190. The molecule has 0 aromatic carbocycles. The third-order valence-electron chi connectivity index (χ3n) is 3.10. The molecule has 0 radical (unpaired) electrons. The Morgan fingerprint density at radius 2 is 2.29 bits per heavy atom. The van der Waals surface area contributed by atoms with Gasteiger partial charge in [0, 0.05) is 59.6 Å². The second kappa shape index (κ2) is 5.51. The summed E-state index contributed by atoms with van der Waals surface area (Å²) in [4.78, 5) is 6.80. The van der Waals surface area contributed by atoms with Crippen molar-refractivity contribution in [3.63, 3.8) is 0 Å². The number of imidazole rings is 1. The molecular formula is C12H22N4O. The molecule has 96 valence electrons. The minimum absolute atomic E-state index is 0.804. The number of nitrogens with one attached hydrogen (secondary N) is 1. The summed E-state index contributed by atoms with van der Waals surface area (Å²) in [6, 6.07) is 0. The van der Waals surface area contributed by atoms with Gasteiger partial charge < -0.3 is 19.5 Å². The van der Waals surface area contributed by atoms with Crippen molar-refractivity contribution in [3.8, 4) is 0 Å². The van der Waals surface area contributed by atoms with Crippen LogP contribution in [-0.2, 0) is 24.2 Å². The van der Waals surface area contributed by atoms with Crippen molar-refractivity contribution in [2.45, 2.75) is 25.9 Å². The fraction of sp³-hybridized carbons (Fsp3) is 0.750. The molecule has 0 fully saturated rings. The molecule has 0 atom stereocenters. The molecular weight excluding hydrogens is 216 g/mol. The largest absolute Gasteiger partial charge is 0.385 e. The van der Waals surface area contributed by atoms with Crippen LogP contribution in [0.2, 0.25) is 0 Å². The number of fused-ring (bicyclic) bond motifs is 1. The molecule has 0 saturated carbocycles. The van der Waals surface area contributed by atoms with Gasteiger partial charge in [0.1, 0.15) is 0 Å². The minimum atomic E-state index is 0.804. The predicted molar refractivity (Wildman–Crippen MR) is 68.5 cm³/mol. The van der Waals surface area contributed by atoms with Crippen molar-refractivity contribution < 1.29 is 4.74 Å². The fourth-order valence-electron chi connectivity index (χ4n) is 2.30. The van der Waals surface area contributed by atoms with Gasteiger partial charge >= 0.3 is 0 Å². The van der Waals surface area contributed by atoms with E-state index in [9.17, 15) is 0 Å². The quantitative estimate of drug-likeness (QED) is 0.764. The van der Waals surface area contributed by atoms with Crippen molar-refractivity contribution in [2.24, 2.45) is 0 Å². The second-order valence-electron chi connectivity index (χ2n) is 4.62. The van der Waals surface area contributed by atoms with Gasteiger partial charge in [-0.3, -0.25) is 0 Å². The predicted octanol–water partition coefficient (Wildman–Crippen LogP) is 0.631. The Balaban J connectivity index is 2.22. The number of hydrogen-bond acceptors (Lipinski definition) is 4. The van der Waals surface area contributed by atoms with E-state index in [0.717, 1.165) is 45.0 Å². The Labute approximate surface area is 103 Å². The summed E-state index contributed by atoms with van der Waals surface area (Å²) in [5.41, 5.74) is 2.60. The Hall–Kier alpha value is -1.07. The number of nitrogens with zero attached hydrogens (tertiary/aromatic N) is 3. The van der Waals surface area contributed by atoms with Gasteiger partial charge in [0.05, 0.1) is 5.69 Å². The van der Waals surface area contributed by atoms with Gasteiger partial charge in [0.25, 0.3) is 0 Å². The summed E-state index contributed by atoms with van der Waals surface area (Å²) in [6.07, 6.45) is 2.11. The van der Waals surface area contributed by atoms with Crippen LogP contribution in [-0.4, -0.2) is 43.9 Å². The number of aromatic nitrogens is 2. The summed E-state index contributed by atoms with van der Waals surface area (Å²) in [7, 11) is 5.85. The zero-order valence-corrected chi connectivity index (χ0v) is 11.0. The third kappa shape index (κ3) is 2.61. The van der Waals surface area contributed by atoms with Crippen molar-refractivity contribution in [3.05, 3.63) is 11.4 Å². The third-order valence-corrected chi connectivity index (χ3v) is 3.10. The lowest BCUT2D eigenvalue weighted by atomic mass is 10.2. The highest BCUT2D eigenvalue weighted by atomic mass is 16.5. The number of ether oxygens (including phenoxy) is 1. The van der Waals surface area contributed by atoms with Crippen LogP contribution in [0.4, 0.5) is 5.95 Å². The maximum atomic E-state index is 5.12. The summed E-state index contributed by atoms with van der Waals surface area (Å²) < 4.78 is 7.47. The number of rotatable bonds is 5. The van der Waals surface area contributed by atoms with E-state index in [-0.39, 0.29) is 0 Å². The van der Waals surface area contributed by atoms with Gasteiger partial charge in [0.15, 0.2) is 0 Å². The fourth-order valence-corrected chi connectivity index (χ4v) is 2.30. The highest BCUT2D eigenvalue weighted by Crippen LogP contribution is 2.21. The van der Waals surface area contributed by atoms with Crippen LogP contribution < -0.4 is 10.2 Å². The first kappa shape index (κ1) is 12.4. The minimum Gasteiger partial charge on any atom is -0.385 e. The van der Waals surface area contributed by atoms with Crippen LogP contribution in [0.25, 0.3) is 0 Å². The van der Waals surface area contributed by atoms with E-state index >= 15 is 0 Å². The maximum absolute atomic E-state index is 5.12. The van der Waals surface area contributed by atoms with Crippen LogP contribution in [0.15, 0.2) is 0 Å². The maximum Gasteiger partial charge on any atom is 0.205 e. The van der Waals surface area contributed by atoms with Crippen LogP contribution in [0, 0.1) is 0 Å². The second-order valence-corrected chi connectivity index (χ2v) is 4.62. The molecule has 1 aromatic rings. The van der Waals surface area contributed by atoms with Crippen molar-refractivity contribution in [2.75, 3.05) is 39.3 Å². The molecule has 0 saturated heterocycles. The summed E-state index contributed by atoms with van der Waals surface area (Å²) in [5.74, 6) is 1.06. The molecule has 17 heavy (non-hydrogen) atoms. The molecule has 0 amide bonds. The van der Waals surface area contributed by atoms with Crippen LogP contribution in [0.3, 0.4) is 0 Å². The Bertz CT molecular complexity index is 373. The average molecular weight is 238 g/mol. The monoisotopic (exact) mass is 238 g/mol. The first-order valence-electron chi connectivity index (χ1n) is 6.19. The van der Waals surface area contributed by atoms with E-state index in [4.69, 9.17) is 9.72 Å². The molecule has 1 N–H and O–H groups in total. The van der Waals surface area contributed by atoms with Gasteiger partial charge in [-0.2, -0.15) is 0 Å². The van der Waals surface area contributed by atoms with Crippen LogP contribution in [0.5, 0.6) is 0 Å². The lowest BCUT2D eigenvalue weighted by Gasteiger charge is -2.18. The average Bonchev–Trinajstić information content (AvgIpc) is 2.69. The summed E-state index contributed by atoms with van der Waals surface area (Å²) >= 11 is 0. The van der Waals surface area contributed by atoms with Gasteiger partial charge in [-0.25, -0.2) is 4.98 Å². The first-order valence-corrected chi connectivity index (χ1v) is 6.19. The molecule has 1 aliphatic heterocycles. The van der Waals surface area contributed by atoms with Crippen molar-refractivity contribution in [1.82, 2.24) is 14.9 Å². The van der Waals surface area contributed by atoms with E-state index in [1.807, 2.05) is 14.1 Å². The van der Waals surface area contributed by atoms with E-state index in [0.29, 0.717) is 0 Å². The molecule has 1 aliphatic rings. The summed E-state index contributed by atoms with van der Waals surface area (Å²) in [5, 5.41) is 3.37. The van der Waals surface area contributed by atoms with Crippen molar-refractivity contribution in [1.29, 1.82) is 0 Å². The molecule has 0 spiro atoms. The normalized spacial score (nSPS) is 14.8. The molecule has 2 rings (SSSR count). The van der Waals surface area contributed by atoms with Crippen LogP contribution in [0.1, 0.15) is 17.8 Å². The van der Waals surface area contributed by atoms with Crippen molar-refractivity contribution >= 4 is 5.95 Å². The lowest BCUT2D eigenvalue weighted by Crippen LogP contribution is -2.25. The van der Waals surface area contributed by atoms with Gasteiger partial charge in [-0.15, -0.1) is 0 Å². The highest BCUT2D eigenvalue weighted by Gasteiger charge is 2.20. The Morgan fingerprint density at radius 3 is 3.00 bits per heavy atom. The van der Waals surface area contributed by atoms with E-state index in [1.54, 1.807) is 7.11 Å². The molecule has 5 nitrogen and oxygen atoms in total. The molecule has 5 heteroatoms. The zero-order valence-electron chi connectivity index (χ0n) is 11.0. The number of anilines is 1. The molecule has 0 bridgehead atoms. The highest BCUT2D eigenvalue weighted by molar-refractivity contribution is 5.36. The molecule has 0 unspecified atom stereocenters. The number of hydrogen-bond donors (Lipinski definition) is 1. The SMILES string of the molecule is COCCCn1c(N(C)C)nc2c1CCNC2. The first-order chi connectivity index (χ1) is 8.24. The molecule has 1 aromatic heterocycles. The topological polar surface area (TPSA) is 42.3 Å². The van der Waals surface area contributed by atoms with Gasteiger partial charge in [0.2, 0.25) is 5.95 Å².